The Morgan fingerprint density at radius 1 is 1.22 bits per heavy atom. The summed E-state index contributed by atoms with van der Waals surface area (Å²) in [5.74, 6) is 0. The molecular formula is C7H4Br2. The Labute approximate surface area is 71.5 Å². The highest BCUT2D eigenvalue weighted by atomic mass is 79.9. The molecule has 0 atom stereocenters. The third-order valence-electron chi connectivity index (χ3n) is 0.976. The molecule has 0 aliphatic carbocycles. The third-order valence-corrected chi connectivity index (χ3v) is 2.09. The Morgan fingerprint density at radius 2 is 1.89 bits per heavy atom. The summed E-state index contributed by atoms with van der Waals surface area (Å²) in [5, 5.41) is 2.86. The van der Waals surface area contributed by atoms with Crippen molar-refractivity contribution in [2.24, 2.45) is 0 Å². The summed E-state index contributed by atoms with van der Waals surface area (Å²) in [5.41, 5.74) is 1.04. The summed E-state index contributed by atoms with van der Waals surface area (Å²) >= 11 is 6.49. The van der Waals surface area contributed by atoms with Crippen LogP contribution in [0.2, 0.25) is 0 Å². The molecule has 1 rings (SSSR count). The van der Waals surface area contributed by atoms with E-state index in [9.17, 15) is 0 Å². The fourth-order valence-electron chi connectivity index (χ4n) is 0.538. The number of rotatable bonds is 1. The van der Waals surface area contributed by atoms with Crippen LogP contribution < -0.4 is 0 Å². The summed E-state index contributed by atoms with van der Waals surface area (Å²) in [6, 6.07) is 7.88. The lowest BCUT2D eigenvalue weighted by atomic mass is 10.2. The highest BCUT2D eigenvalue weighted by Gasteiger charge is 1.93. The van der Waals surface area contributed by atoms with Gasteiger partial charge in [-0.3, -0.25) is 0 Å². The van der Waals surface area contributed by atoms with Gasteiger partial charge in [-0.15, -0.1) is 0 Å². The van der Waals surface area contributed by atoms with Gasteiger partial charge in [-0.2, -0.15) is 0 Å². The van der Waals surface area contributed by atoms with Gasteiger partial charge in [0.15, 0.2) is 0 Å². The molecule has 1 aromatic carbocycles. The van der Waals surface area contributed by atoms with E-state index in [1.165, 1.54) is 0 Å². The van der Waals surface area contributed by atoms with Gasteiger partial charge in [0.2, 0.25) is 0 Å². The molecule has 0 saturated carbocycles. The molecule has 46 valence electrons. The van der Waals surface area contributed by atoms with Crippen molar-refractivity contribution >= 4 is 31.9 Å². The Bertz CT molecular complexity index is 196. The van der Waals surface area contributed by atoms with Crippen molar-refractivity contribution in [2.75, 3.05) is 0 Å². The summed E-state index contributed by atoms with van der Waals surface area (Å²) in [7, 11) is 0. The van der Waals surface area contributed by atoms with E-state index < -0.39 is 0 Å². The van der Waals surface area contributed by atoms with Crippen molar-refractivity contribution in [2.45, 2.75) is 0 Å². The normalized spacial score (nSPS) is 9.56. The minimum atomic E-state index is 1.04. The molecular weight excluding hydrogens is 244 g/mol. The molecule has 9 heavy (non-hydrogen) atoms. The first-order valence-corrected chi connectivity index (χ1v) is 4.04. The van der Waals surface area contributed by atoms with Crippen LogP contribution in [0.4, 0.5) is 0 Å². The van der Waals surface area contributed by atoms with Crippen LogP contribution in [0.25, 0.3) is 0 Å². The standard InChI is InChI=1S/C7H4Br2/c8-5-6-3-1-2-4-7(6)9/h1-4H. The quantitative estimate of drug-likeness (QED) is 0.715. The summed E-state index contributed by atoms with van der Waals surface area (Å²) < 4.78 is 1.06. The second-order valence-electron chi connectivity index (χ2n) is 1.57. The van der Waals surface area contributed by atoms with Crippen molar-refractivity contribution in [3.8, 4) is 0 Å². The lowest BCUT2D eigenvalue weighted by molar-refractivity contribution is 1.55. The molecule has 0 heterocycles. The molecule has 1 aromatic rings. The topological polar surface area (TPSA) is 0 Å². The van der Waals surface area contributed by atoms with Crippen LogP contribution in [0.15, 0.2) is 28.7 Å². The van der Waals surface area contributed by atoms with Gasteiger partial charge >= 0.3 is 0 Å². The summed E-state index contributed by atoms with van der Waals surface area (Å²) in [6.45, 7) is 0. The van der Waals surface area contributed by atoms with Crippen LogP contribution in [0, 0.1) is 5.33 Å². The second kappa shape index (κ2) is 3.37. The van der Waals surface area contributed by atoms with Crippen molar-refractivity contribution in [1.82, 2.24) is 0 Å². The van der Waals surface area contributed by atoms with Crippen LogP contribution in [-0.4, -0.2) is 0 Å². The monoisotopic (exact) mass is 246 g/mol. The van der Waals surface area contributed by atoms with Crippen molar-refractivity contribution in [3.63, 3.8) is 0 Å². The molecule has 0 fully saturated rings. The molecule has 0 aliphatic rings. The maximum absolute atomic E-state index is 3.36. The van der Waals surface area contributed by atoms with Gasteiger partial charge in [-0.25, -0.2) is 0 Å². The Morgan fingerprint density at radius 3 is 2.33 bits per heavy atom. The van der Waals surface area contributed by atoms with E-state index in [0.717, 1.165) is 10.0 Å². The fraction of sp³-hybridized carbons (Fsp3) is 0. The third kappa shape index (κ3) is 1.80. The molecule has 0 unspecified atom stereocenters. The van der Waals surface area contributed by atoms with Crippen LogP contribution >= 0.6 is 31.9 Å². The van der Waals surface area contributed by atoms with E-state index in [4.69, 9.17) is 0 Å². The zero-order valence-corrected chi connectivity index (χ0v) is 7.74. The number of hydrogen-bond acceptors (Lipinski definition) is 0. The van der Waals surface area contributed by atoms with Gasteiger partial charge in [0.05, 0.1) is 5.33 Å². The number of hydrogen-bond donors (Lipinski definition) is 0. The molecule has 2 radical (unpaired) electrons. The van der Waals surface area contributed by atoms with Crippen LogP contribution in [0.5, 0.6) is 0 Å². The first-order valence-electron chi connectivity index (χ1n) is 2.46. The SMILES string of the molecule is Br[C]c1ccccc1Br. The molecule has 0 N–H and O–H groups in total. The highest BCUT2D eigenvalue weighted by molar-refractivity contribution is 9.11. The first-order chi connectivity index (χ1) is 4.34. The van der Waals surface area contributed by atoms with Crippen LogP contribution in [0.1, 0.15) is 5.56 Å². The lowest BCUT2D eigenvalue weighted by Gasteiger charge is -1.94. The minimum Gasteiger partial charge on any atom is -0.0761 e. The first kappa shape index (κ1) is 7.29. The van der Waals surface area contributed by atoms with Crippen molar-refractivity contribution in [3.05, 3.63) is 39.6 Å². The van der Waals surface area contributed by atoms with Crippen molar-refractivity contribution in [1.29, 1.82) is 0 Å². The van der Waals surface area contributed by atoms with Gasteiger partial charge in [-0.1, -0.05) is 50.1 Å². The predicted octanol–water partition coefficient (Wildman–Crippen LogP) is 3.23. The van der Waals surface area contributed by atoms with E-state index in [1.807, 2.05) is 24.3 Å². The maximum atomic E-state index is 3.36. The van der Waals surface area contributed by atoms with Gasteiger partial charge in [0.1, 0.15) is 0 Å². The minimum absolute atomic E-state index is 1.04. The average molecular weight is 248 g/mol. The fourth-order valence-corrected chi connectivity index (χ4v) is 1.53. The molecule has 0 amide bonds. The van der Waals surface area contributed by atoms with E-state index in [2.05, 4.69) is 37.2 Å². The predicted molar refractivity (Wildman–Crippen MR) is 45.4 cm³/mol. The van der Waals surface area contributed by atoms with Gasteiger partial charge in [-0.05, 0) is 11.6 Å². The van der Waals surface area contributed by atoms with Crippen molar-refractivity contribution < 1.29 is 0 Å². The summed E-state index contributed by atoms with van der Waals surface area (Å²) in [6.07, 6.45) is 0. The largest absolute Gasteiger partial charge is 0.0940 e. The molecule has 0 bridgehead atoms. The zero-order valence-electron chi connectivity index (χ0n) is 4.57. The van der Waals surface area contributed by atoms with Crippen LogP contribution in [-0.2, 0) is 0 Å². The lowest BCUT2D eigenvalue weighted by Crippen LogP contribution is -1.73. The average Bonchev–Trinajstić information content (AvgIpc) is 1.89. The Balaban J connectivity index is 3.01. The maximum Gasteiger partial charge on any atom is 0.0940 e. The van der Waals surface area contributed by atoms with E-state index in [0.29, 0.717) is 0 Å². The highest BCUT2D eigenvalue weighted by Crippen LogP contribution is 2.19. The van der Waals surface area contributed by atoms with Gasteiger partial charge < -0.3 is 0 Å². The summed E-state index contributed by atoms with van der Waals surface area (Å²) in [4.78, 5) is 0. The Kier molecular flexibility index (Phi) is 2.73. The molecule has 0 spiro atoms. The van der Waals surface area contributed by atoms with E-state index >= 15 is 0 Å². The van der Waals surface area contributed by atoms with Crippen LogP contribution in [0.3, 0.4) is 0 Å². The van der Waals surface area contributed by atoms with E-state index in [1.54, 1.807) is 0 Å². The van der Waals surface area contributed by atoms with E-state index in [-0.39, 0.29) is 0 Å². The molecule has 0 nitrogen and oxygen atoms in total. The molecule has 0 aromatic heterocycles. The second-order valence-corrected chi connectivity index (χ2v) is 2.83. The van der Waals surface area contributed by atoms with Gasteiger partial charge in [0.25, 0.3) is 0 Å². The molecule has 0 saturated heterocycles. The van der Waals surface area contributed by atoms with Gasteiger partial charge in [0, 0.05) is 4.47 Å². The molecule has 2 heteroatoms. The zero-order chi connectivity index (χ0) is 6.69. The number of halogens is 2. The smallest absolute Gasteiger partial charge is 0.0761 e. The number of benzene rings is 1. The molecule has 0 aliphatic heterocycles. The Hall–Kier alpha value is 0.180.